The Balaban J connectivity index is 1.38. The van der Waals surface area contributed by atoms with Crippen LogP contribution in [0.2, 0.25) is 0 Å². The van der Waals surface area contributed by atoms with E-state index in [4.69, 9.17) is 9.72 Å². The van der Waals surface area contributed by atoms with Gasteiger partial charge in [-0.25, -0.2) is 4.98 Å². The van der Waals surface area contributed by atoms with Gasteiger partial charge in [0.2, 0.25) is 0 Å². The minimum absolute atomic E-state index is 0.0710. The van der Waals surface area contributed by atoms with Crippen molar-refractivity contribution in [1.29, 1.82) is 0 Å². The standard InChI is InChI=1S/C25H30N4O3/c1-32-13-12-28-17-20-15-21(7-8-22(20)25(28)31)29-11-5-6-18-14-19(16-26-23(18)29)24(30)27-9-3-2-4-10-27/h7-8,14-16H,2-6,9-13,17H2,1H3. The maximum atomic E-state index is 12.9. The van der Waals surface area contributed by atoms with E-state index < -0.39 is 0 Å². The molecule has 5 rings (SSSR count). The van der Waals surface area contributed by atoms with Crippen LogP contribution in [0.4, 0.5) is 11.5 Å². The molecule has 1 aromatic carbocycles. The number of benzene rings is 1. The molecule has 3 aliphatic rings. The number of fused-ring (bicyclic) bond motifs is 2. The Morgan fingerprint density at radius 2 is 1.91 bits per heavy atom. The predicted octanol–water partition coefficient (Wildman–Crippen LogP) is 3.39. The number of ether oxygens (including phenoxy) is 1. The van der Waals surface area contributed by atoms with Crippen LogP contribution in [-0.2, 0) is 17.7 Å². The third-order valence-electron chi connectivity index (χ3n) is 6.76. The van der Waals surface area contributed by atoms with Crippen LogP contribution < -0.4 is 4.90 Å². The number of likely N-dealkylation sites (tertiary alicyclic amines) is 1. The molecule has 7 nitrogen and oxygen atoms in total. The summed E-state index contributed by atoms with van der Waals surface area (Å²) in [4.78, 5) is 36.3. The molecule has 1 aromatic heterocycles. The summed E-state index contributed by atoms with van der Waals surface area (Å²) in [7, 11) is 1.65. The number of anilines is 2. The Labute approximate surface area is 189 Å². The lowest BCUT2D eigenvalue weighted by Crippen LogP contribution is -2.36. The second-order valence-corrected chi connectivity index (χ2v) is 8.88. The summed E-state index contributed by atoms with van der Waals surface area (Å²) in [5, 5.41) is 0. The van der Waals surface area contributed by atoms with Crippen LogP contribution in [0.3, 0.4) is 0 Å². The monoisotopic (exact) mass is 434 g/mol. The van der Waals surface area contributed by atoms with Gasteiger partial charge >= 0.3 is 0 Å². The van der Waals surface area contributed by atoms with Crippen molar-refractivity contribution in [2.24, 2.45) is 0 Å². The van der Waals surface area contributed by atoms with Crippen LogP contribution in [-0.4, -0.2) is 66.5 Å². The molecule has 1 saturated heterocycles. The number of hydrogen-bond acceptors (Lipinski definition) is 5. The number of carbonyl (C=O) groups excluding carboxylic acids is 2. The summed E-state index contributed by atoms with van der Waals surface area (Å²) >= 11 is 0. The first-order valence-corrected chi connectivity index (χ1v) is 11.6. The maximum absolute atomic E-state index is 12.9. The molecule has 0 atom stereocenters. The zero-order valence-corrected chi connectivity index (χ0v) is 18.7. The van der Waals surface area contributed by atoms with Crippen LogP contribution in [0.5, 0.6) is 0 Å². The number of amides is 2. The predicted molar refractivity (Wildman–Crippen MR) is 122 cm³/mol. The molecule has 32 heavy (non-hydrogen) atoms. The molecule has 0 bridgehead atoms. The van der Waals surface area contributed by atoms with Crippen LogP contribution in [0.25, 0.3) is 0 Å². The number of methoxy groups -OCH3 is 1. The molecule has 4 heterocycles. The first-order chi connectivity index (χ1) is 15.7. The molecule has 1 fully saturated rings. The summed E-state index contributed by atoms with van der Waals surface area (Å²) in [6.07, 6.45) is 7.04. The number of pyridine rings is 1. The molecule has 168 valence electrons. The Morgan fingerprint density at radius 1 is 1.06 bits per heavy atom. The van der Waals surface area contributed by atoms with Gasteiger partial charge in [0.15, 0.2) is 0 Å². The highest BCUT2D eigenvalue weighted by Crippen LogP contribution is 2.35. The van der Waals surface area contributed by atoms with Crippen molar-refractivity contribution in [1.82, 2.24) is 14.8 Å². The fourth-order valence-corrected chi connectivity index (χ4v) is 5.03. The number of hydrogen-bond donors (Lipinski definition) is 0. The van der Waals surface area contributed by atoms with E-state index in [1.165, 1.54) is 6.42 Å². The molecule has 0 aliphatic carbocycles. The van der Waals surface area contributed by atoms with Gasteiger partial charge in [0.05, 0.1) is 12.2 Å². The van der Waals surface area contributed by atoms with E-state index in [1.54, 1.807) is 13.3 Å². The van der Waals surface area contributed by atoms with E-state index in [1.807, 2.05) is 28.0 Å². The third kappa shape index (κ3) is 3.86. The molecular weight excluding hydrogens is 404 g/mol. The van der Waals surface area contributed by atoms with Crippen molar-refractivity contribution < 1.29 is 14.3 Å². The number of aryl methyl sites for hydroxylation is 1. The van der Waals surface area contributed by atoms with E-state index >= 15 is 0 Å². The normalized spacial score (nSPS) is 18.0. The zero-order chi connectivity index (χ0) is 22.1. The lowest BCUT2D eigenvalue weighted by molar-refractivity contribution is 0.0714. The largest absolute Gasteiger partial charge is 0.383 e. The zero-order valence-electron chi connectivity index (χ0n) is 18.7. The molecule has 0 radical (unpaired) electrons. The number of rotatable bonds is 5. The van der Waals surface area contributed by atoms with Gasteiger partial charge in [-0.2, -0.15) is 0 Å². The lowest BCUT2D eigenvalue weighted by Gasteiger charge is -2.31. The van der Waals surface area contributed by atoms with Crippen molar-refractivity contribution in [2.75, 3.05) is 44.8 Å². The maximum Gasteiger partial charge on any atom is 0.255 e. The van der Waals surface area contributed by atoms with Gasteiger partial charge in [0, 0.05) is 57.3 Å². The SMILES string of the molecule is COCCN1Cc2cc(N3CCCc4cc(C(=O)N5CCCCC5)cnc43)ccc2C1=O. The summed E-state index contributed by atoms with van der Waals surface area (Å²) in [5.41, 5.74) is 4.69. The van der Waals surface area contributed by atoms with Gasteiger partial charge in [-0.05, 0) is 67.5 Å². The van der Waals surface area contributed by atoms with Crippen molar-refractivity contribution >= 4 is 23.3 Å². The van der Waals surface area contributed by atoms with E-state index in [2.05, 4.69) is 11.0 Å². The topological polar surface area (TPSA) is 66.0 Å². The van der Waals surface area contributed by atoms with E-state index in [9.17, 15) is 9.59 Å². The molecule has 0 saturated carbocycles. The lowest BCUT2D eigenvalue weighted by atomic mass is 10.0. The van der Waals surface area contributed by atoms with Gasteiger partial charge in [0.25, 0.3) is 11.8 Å². The van der Waals surface area contributed by atoms with Gasteiger partial charge in [-0.3, -0.25) is 9.59 Å². The molecule has 0 spiro atoms. The number of piperidine rings is 1. The van der Waals surface area contributed by atoms with Crippen LogP contribution >= 0.6 is 0 Å². The van der Waals surface area contributed by atoms with Gasteiger partial charge in [-0.1, -0.05) is 0 Å². The molecule has 0 N–H and O–H groups in total. The summed E-state index contributed by atoms with van der Waals surface area (Å²) in [6, 6.07) is 8.10. The fourth-order valence-electron chi connectivity index (χ4n) is 5.03. The second kappa shape index (κ2) is 8.90. The van der Waals surface area contributed by atoms with Crippen molar-refractivity contribution in [3.63, 3.8) is 0 Å². The van der Waals surface area contributed by atoms with Gasteiger partial charge < -0.3 is 19.4 Å². The second-order valence-electron chi connectivity index (χ2n) is 8.88. The highest BCUT2D eigenvalue weighted by molar-refractivity contribution is 5.99. The summed E-state index contributed by atoms with van der Waals surface area (Å²) in [6.45, 7) is 4.31. The first-order valence-electron chi connectivity index (χ1n) is 11.6. The Kier molecular flexibility index (Phi) is 5.83. The average molecular weight is 435 g/mol. The Morgan fingerprint density at radius 3 is 2.72 bits per heavy atom. The van der Waals surface area contributed by atoms with Gasteiger partial charge in [0.1, 0.15) is 5.82 Å². The quantitative estimate of drug-likeness (QED) is 0.722. The number of aromatic nitrogens is 1. The van der Waals surface area contributed by atoms with Crippen molar-refractivity contribution in [3.05, 3.63) is 52.7 Å². The molecule has 0 unspecified atom stereocenters. The molecular formula is C25H30N4O3. The minimum Gasteiger partial charge on any atom is -0.383 e. The smallest absolute Gasteiger partial charge is 0.255 e. The average Bonchev–Trinajstić information content (AvgIpc) is 3.16. The minimum atomic E-state index is 0.0710. The number of nitrogens with zero attached hydrogens (tertiary/aromatic N) is 4. The summed E-state index contributed by atoms with van der Waals surface area (Å²) in [5.74, 6) is 1.10. The fraction of sp³-hybridized carbons (Fsp3) is 0.480. The van der Waals surface area contributed by atoms with E-state index in [-0.39, 0.29) is 11.8 Å². The van der Waals surface area contributed by atoms with E-state index in [0.29, 0.717) is 25.3 Å². The van der Waals surface area contributed by atoms with Gasteiger partial charge in [-0.15, -0.1) is 0 Å². The third-order valence-corrected chi connectivity index (χ3v) is 6.76. The van der Waals surface area contributed by atoms with Crippen molar-refractivity contribution in [3.8, 4) is 0 Å². The van der Waals surface area contributed by atoms with Crippen LogP contribution in [0.15, 0.2) is 30.5 Å². The Bertz CT molecular complexity index is 1030. The molecule has 3 aliphatic heterocycles. The van der Waals surface area contributed by atoms with E-state index in [0.717, 1.165) is 73.5 Å². The Hall–Kier alpha value is -2.93. The molecule has 7 heteroatoms. The highest BCUT2D eigenvalue weighted by Gasteiger charge is 2.29. The first kappa shape index (κ1) is 20.9. The molecule has 2 amide bonds. The van der Waals surface area contributed by atoms with Crippen molar-refractivity contribution in [2.45, 2.75) is 38.6 Å². The van der Waals surface area contributed by atoms with Crippen LogP contribution in [0.1, 0.15) is 57.5 Å². The summed E-state index contributed by atoms with van der Waals surface area (Å²) < 4.78 is 5.14. The molecule has 2 aromatic rings. The van der Waals surface area contributed by atoms with Crippen LogP contribution in [0, 0.1) is 0 Å². The number of carbonyl (C=O) groups is 2. The highest BCUT2D eigenvalue weighted by atomic mass is 16.5.